The number of rotatable bonds is 70. The van der Waals surface area contributed by atoms with Gasteiger partial charge in [-0.3, -0.25) is 37.3 Å². The summed E-state index contributed by atoms with van der Waals surface area (Å²) in [5, 5.41) is 10.6. The van der Waals surface area contributed by atoms with Gasteiger partial charge >= 0.3 is 39.5 Å². The summed E-state index contributed by atoms with van der Waals surface area (Å²) in [5.41, 5.74) is 0. The van der Waals surface area contributed by atoms with Gasteiger partial charge in [0.2, 0.25) is 0 Å². The minimum Gasteiger partial charge on any atom is -0.462 e. The van der Waals surface area contributed by atoms with Crippen molar-refractivity contribution in [1.82, 2.24) is 0 Å². The number of aliphatic hydroxyl groups excluding tert-OH is 1. The molecule has 0 rings (SSSR count). The molecule has 0 amide bonds. The van der Waals surface area contributed by atoms with Crippen molar-refractivity contribution in [2.45, 2.75) is 382 Å². The molecule has 0 bridgehead atoms. The van der Waals surface area contributed by atoms with E-state index in [-0.39, 0.29) is 25.7 Å². The lowest BCUT2D eigenvalue weighted by molar-refractivity contribution is -0.161. The largest absolute Gasteiger partial charge is 0.472 e. The summed E-state index contributed by atoms with van der Waals surface area (Å²) >= 11 is 0. The molecule has 0 aliphatic carbocycles. The van der Waals surface area contributed by atoms with Gasteiger partial charge in [-0.2, -0.15) is 0 Å². The smallest absolute Gasteiger partial charge is 0.462 e. The first-order valence-electron chi connectivity index (χ1n) is 37.7. The Balaban J connectivity index is 5.26. The SMILES string of the molecule is CCC(C)CCCCCCCCCCC(=O)O[C@H](COC(=O)CCCCCCCCCCC(C)C)COP(=O)(O)OCC(O)COP(=O)(O)OC[C@@H](COC(=O)CCCCCCCCCCCC(C)C)OC(=O)CCCCCCCCCCCCCCCCC(C)C. The molecule has 0 radical (unpaired) electrons. The molecule has 19 heteroatoms. The first-order chi connectivity index (χ1) is 44.1. The number of carbonyl (C=O) groups is 4. The molecule has 0 aromatic heterocycles. The summed E-state index contributed by atoms with van der Waals surface area (Å²) in [4.78, 5) is 72.7. The normalized spacial score (nSPS) is 14.5. The van der Waals surface area contributed by atoms with Gasteiger partial charge < -0.3 is 33.8 Å². The molecule has 0 fully saturated rings. The molecule has 0 aliphatic rings. The molecule has 0 heterocycles. The molecule has 0 aliphatic heterocycles. The van der Waals surface area contributed by atoms with Crippen molar-refractivity contribution < 1.29 is 80.2 Å². The van der Waals surface area contributed by atoms with Crippen LogP contribution in [0.5, 0.6) is 0 Å². The third-order valence-electron chi connectivity index (χ3n) is 17.2. The molecule has 4 unspecified atom stereocenters. The topological polar surface area (TPSA) is 237 Å². The highest BCUT2D eigenvalue weighted by atomic mass is 31.2. The monoisotopic (exact) mass is 1350 g/mol. The van der Waals surface area contributed by atoms with Gasteiger partial charge in [-0.15, -0.1) is 0 Å². The van der Waals surface area contributed by atoms with Crippen molar-refractivity contribution in [3.05, 3.63) is 0 Å². The van der Waals surface area contributed by atoms with E-state index >= 15 is 0 Å². The fraction of sp³-hybridized carbons (Fsp3) is 0.945. The number of phosphoric acid groups is 2. The molecular weight excluding hydrogens is 1210 g/mol. The molecule has 17 nitrogen and oxygen atoms in total. The minimum absolute atomic E-state index is 0.104. The molecule has 0 spiro atoms. The zero-order valence-corrected chi connectivity index (χ0v) is 62.0. The molecular formula is C73H142O17P2. The fourth-order valence-corrected chi connectivity index (χ4v) is 12.6. The lowest BCUT2D eigenvalue weighted by atomic mass is 9.99. The zero-order valence-electron chi connectivity index (χ0n) is 60.2. The van der Waals surface area contributed by atoms with E-state index in [2.05, 4.69) is 55.4 Å². The van der Waals surface area contributed by atoms with Crippen LogP contribution >= 0.6 is 15.6 Å². The Morgan fingerprint density at radius 1 is 0.304 bits per heavy atom. The van der Waals surface area contributed by atoms with Gasteiger partial charge in [-0.25, -0.2) is 9.13 Å². The van der Waals surface area contributed by atoms with Gasteiger partial charge in [-0.1, -0.05) is 312 Å². The maximum Gasteiger partial charge on any atom is 0.472 e. The Bertz CT molecular complexity index is 1820. The second kappa shape index (κ2) is 62.6. The molecule has 0 aromatic rings. The molecule has 0 saturated carbocycles. The zero-order chi connectivity index (χ0) is 68.2. The van der Waals surface area contributed by atoms with Gasteiger partial charge in [0.25, 0.3) is 0 Å². The minimum atomic E-state index is -4.96. The van der Waals surface area contributed by atoms with Crippen LogP contribution in [0.1, 0.15) is 364 Å². The highest BCUT2D eigenvalue weighted by Gasteiger charge is 2.30. The van der Waals surface area contributed by atoms with Crippen LogP contribution in [-0.4, -0.2) is 96.7 Å². The first-order valence-corrected chi connectivity index (χ1v) is 40.7. The average Bonchev–Trinajstić information content (AvgIpc) is 3.15. The van der Waals surface area contributed by atoms with Crippen molar-refractivity contribution in [2.75, 3.05) is 39.6 Å². The van der Waals surface area contributed by atoms with Crippen molar-refractivity contribution in [2.24, 2.45) is 23.7 Å². The van der Waals surface area contributed by atoms with Crippen LogP contribution in [0.15, 0.2) is 0 Å². The van der Waals surface area contributed by atoms with Crippen LogP contribution in [-0.2, 0) is 65.4 Å². The summed E-state index contributed by atoms with van der Waals surface area (Å²) in [6.07, 6.45) is 45.8. The summed E-state index contributed by atoms with van der Waals surface area (Å²) in [7, 11) is -9.91. The van der Waals surface area contributed by atoms with E-state index in [0.29, 0.717) is 25.7 Å². The Morgan fingerprint density at radius 3 is 0.772 bits per heavy atom. The molecule has 546 valence electrons. The highest BCUT2D eigenvalue weighted by Crippen LogP contribution is 2.45. The van der Waals surface area contributed by atoms with Crippen LogP contribution in [0, 0.1) is 23.7 Å². The van der Waals surface area contributed by atoms with Crippen LogP contribution in [0.2, 0.25) is 0 Å². The average molecular weight is 1350 g/mol. The van der Waals surface area contributed by atoms with Gasteiger partial charge in [0.1, 0.15) is 19.3 Å². The van der Waals surface area contributed by atoms with Gasteiger partial charge in [-0.05, 0) is 49.4 Å². The Morgan fingerprint density at radius 2 is 0.522 bits per heavy atom. The number of aliphatic hydroxyl groups is 1. The predicted octanol–water partition coefficient (Wildman–Crippen LogP) is 20.9. The van der Waals surface area contributed by atoms with Crippen molar-refractivity contribution in [3.8, 4) is 0 Å². The summed E-state index contributed by atoms with van der Waals surface area (Å²) in [6.45, 7) is 14.1. The summed E-state index contributed by atoms with van der Waals surface area (Å²) < 4.78 is 68.4. The van der Waals surface area contributed by atoms with E-state index in [1.54, 1.807) is 0 Å². The van der Waals surface area contributed by atoms with Crippen molar-refractivity contribution in [1.29, 1.82) is 0 Å². The van der Waals surface area contributed by atoms with Crippen LogP contribution in [0.4, 0.5) is 0 Å². The van der Waals surface area contributed by atoms with Crippen LogP contribution in [0.3, 0.4) is 0 Å². The van der Waals surface area contributed by atoms with Crippen LogP contribution in [0.25, 0.3) is 0 Å². The third-order valence-corrected chi connectivity index (χ3v) is 19.1. The third kappa shape index (κ3) is 65.4. The Labute approximate surface area is 562 Å². The molecule has 6 atom stereocenters. The number of carbonyl (C=O) groups excluding carboxylic acids is 4. The Hall–Kier alpha value is -1.94. The number of hydrogen-bond donors (Lipinski definition) is 3. The Kier molecular flexibility index (Phi) is 61.3. The number of phosphoric ester groups is 2. The van der Waals surface area contributed by atoms with Gasteiger partial charge in [0.05, 0.1) is 26.4 Å². The fourth-order valence-electron chi connectivity index (χ4n) is 11.0. The van der Waals surface area contributed by atoms with Crippen molar-refractivity contribution in [3.63, 3.8) is 0 Å². The number of hydrogen-bond acceptors (Lipinski definition) is 15. The lowest BCUT2D eigenvalue weighted by Gasteiger charge is -2.21. The van der Waals surface area contributed by atoms with E-state index in [1.807, 2.05) is 0 Å². The maximum atomic E-state index is 13.1. The van der Waals surface area contributed by atoms with E-state index < -0.39 is 97.5 Å². The lowest BCUT2D eigenvalue weighted by Crippen LogP contribution is -2.30. The summed E-state index contributed by atoms with van der Waals surface area (Å²) in [6, 6.07) is 0. The van der Waals surface area contributed by atoms with E-state index in [9.17, 15) is 43.2 Å². The molecule has 92 heavy (non-hydrogen) atoms. The van der Waals surface area contributed by atoms with E-state index in [0.717, 1.165) is 114 Å². The quantitative estimate of drug-likeness (QED) is 0.0222. The van der Waals surface area contributed by atoms with Crippen LogP contribution < -0.4 is 0 Å². The predicted molar refractivity (Wildman–Crippen MR) is 372 cm³/mol. The van der Waals surface area contributed by atoms with Gasteiger partial charge in [0.15, 0.2) is 12.2 Å². The van der Waals surface area contributed by atoms with E-state index in [4.69, 9.17) is 37.0 Å². The molecule has 3 N–H and O–H groups in total. The maximum absolute atomic E-state index is 13.1. The van der Waals surface area contributed by atoms with E-state index in [1.165, 1.54) is 167 Å². The second-order valence-corrected chi connectivity index (χ2v) is 30.9. The number of ether oxygens (including phenoxy) is 4. The molecule has 0 aromatic carbocycles. The summed E-state index contributed by atoms with van der Waals surface area (Å²) in [5.74, 6) is 0.908. The highest BCUT2D eigenvalue weighted by molar-refractivity contribution is 7.47. The second-order valence-electron chi connectivity index (χ2n) is 28.0. The van der Waals surface area contributed by atoms with Crippen molar-refractivity contribution >= 4 is 39.5 Å². The number of esters is 4. The van der Waals surface area contributed by atoms with Gasteiger partial charge in [0, 0.05) is 25.7 Å². The number of unbranched alkanes of at least 4 members (excludes halogenated alkanes) is 35. The standard InChI is InChI=1S/C73H142O17P2/c1-9-66(8)52-44-36-28-22-24-32-40-48-56-73(78)90-69(60-84-71(76)54-46-38-30-23-21-27-35-43-51-65(6)7)62-88-92(81,82)86-58-67(74)57-85-91(79,80)87-61-68(59-83-70(75)53-45-37-29-20-16-18-26-34-42-50-64(4)5)89-72(77)55-47-39-31-19-15-13-11-10-12-14-17-25-33-41-49-63(2)3/h63-69,74H,9-62H2,1-8H3,(H,79,80)(H,81,82)/t66?,67?,68-,69-/m1/s1. The molecule has 0 saturated heterocycles. The first kappa shape index (κ1) is 90.1.